The molecule has 2 aromatic heterocycles. The second kappa shape index (κ2) is 5.02. The highest BCUT2D eigenvalue weighted by Crippen LogP contribution is 2.26. The minimum absolute atomic E-state index is 0.00445. The normalized spacial score (nSPS) is 15.9. The lowest BCUT2D eigenvalue weighted by molar-refractivity contribution is -0.132. The molecule has 1 aliphatic heterocycles. The molecule has 1 saturated heterocycles. The van der Waals surface area contributed by atoms with Crippen LogP contribution in [-0.4, -0.2) is 45.4 Å². The number of fused-ring (bicyclic) bond motifs is 1. The number of rotatable bonds is 3. The lowest BCUT2D eigenvalue weighted by Gasteiger charge is -2.25. The first kappa shape index (κ1) is 13.3. The Morgan fingerprint density at radius 3 is 2.76 bits per heavy atom. The average Bonchev–Trinajstić information content (AvgIpc) is 2.95. The number of piperazine rings is 1. The molecular weight excluding hydrogens is 296 g/mol. The Morgan fingerprint density at radius 2 is 2.10 bits per heavy atom. The molecule has 9 heteroatoms. The third-order valence-corrected chi connectivity index (χ3v) is 3.67. The summed E-state index contributed by atoms with van der Waals surface area (Å²) in [4.78, 5) is 40.2. The molecule has 0 aromatic carbocycles. The Balaban J connectivity index is 2.06. The van der Waals surface area contributed by atoms with Gasteiger partial charge < -0.3 is 10.0 Å². The number of imide groups is 1. The number of imidazole rings is 1. The lowest BCUT2D eigenvalue weighted by Crippen LogP contribution is -2.51. The maximum atomic E-state index is 11.5. The Morgan fingerprint density at radius 1 is 1.38 bits per heavy atom. The fourth-order valence-electron chi connectivity index (χ4n) is 2.12. The van der Waals surface area contributed by atoms with Gasteiger partial charge in [-0.15, -0.1) is 11.3 Å². The fraction of sp³-hybridized carbons (Fsp3) is 0.167. The SMILES string of the molecule is O=C(O)C=Cc1c(N2CC(=O)NC(=O)C2)nc2sccn12. The molecule has 108 valence electrons. The van der Waals surface area contributed by atoms with Gasteiger partial charge in [0.25, 0.3) is 0 Å². The van der Waals surface area contributed by atoms with Gasteiger partial charge in [-0.3, -0.25) is 19.3 Å². The van der Waals surface area contributed by atoms with Crippen molar-refractivity contribution in [2.75, 3.05) is 18.0 Å². The molecule has 1 aliphatic rings. The van der Waals surface area contributed by atoms with Crippen LogP contribution in [0.4, 0.5) is 5.82 Å². The third-order valence-electron chi connectivity index (χ3n) is 2.91. The van der Waals surface area contributed by atoms with E-state index >= 15 is 0 Å². The molecule has 0 atom stereocenters. The van der Waals surface area contributed by atoms with Crippen LogP contribution in [-0.2, 0) is 14.4 Å². The zero-order valence-electron chi connectivity index (χ0n) is 10.6. The first-order chi connectivity index (χ1) is 10.0. The van der Waals surface area contributed by atoms with Crippen LogP contribution in [0.15, 0.2) is 17.7 Å². The number of aliphatic carboxylic acids is 1. The van der Waals surface area contributed by atoms with Crippen LogP contribution in [0.5, 0.6) is 0 Å². The molecule has 3 heterocycles. The van der Waals surface area contributed by atoms with E-state index in [0.717, 1.165) is 6.08 Å². The van der Waals surface area contributed by atoms with Gasteiger partial charge in [-0.25, -0.2) is 9.78 Å². The number of amides is 2. The topological polar surface area (TPSA) is 104 Å². The van der Waals surface area contributed by atoms with Crippen LogP contribution in [0.3, 0.4) is 0 Å². The summed E-state index contributed by atoms with van der Waals surface area (Å²) in [5, 5.41) is 12.8. The van der Waals surface area contributed by atoms with Crippen molar-refractivity contribution in [3.63, 3.8) is 0 Å². The van der Waals surface area contributed by atoms with Crippen LogP contribution < -0.4 is 10.2 Å². The van der Waals surface area contributed by atoms with Crippen LogP contribution in [0.25, 0.3) is 11.0 Å². The summed E-state index contributed by atoms with van der Waals surface area (Å²) in [5.41, 5.74) is 0.524. The van der Waals surface area contributed by atoms with Crippen molar-refractivity contribution in [3.8, 4) is 0 Å². The van der Waals surface area contributed by atoms with Gasteiger partial charge in [0.2, 0.25) is 11.8 Å². The number of nitrogens with one attached hydrogen (secondary N) is 1. The number of anilines is 1. The van der Waals surface area contributed by atoms with Gasteiger partial charge in [0.05, 0.1) is 18.8 Å². The Kier molecular flexibility index (Phi) is 3.18. The van der Waals surface area contributed by atoms with Crippen molar-refractivity contribution < 1.29 is 19.5 Å². The van der Waals surface area contributed by atoms with Crippen molar-refractivity contribution in [2.24, 2.45) is 0 Å². The van der Waals surface area contributed by atoms with Crippen LogP contribution in [0.1, 0.15) is 5.69 Å². The minimum Gasteiger partial charge on any atom is -0.478 e. The Hall–Kier alpha value is -2.68. The van der Waals surface area contributed by atoms with E-state index in [4.69, 9.17) is 5.11 Å². The molecule has 2 amide bonds. The second-order valence-corrected chi connectivity index (χ2v) is 5.25. The summed E-state index contributed by atoms with van der Waals surface area (Å²) in [6.45, 7) is 0.00890. The number of carbonyl (C=O) groups excluding carboxylic acids is 2. The highest BCUT2D eigenvalue weighted by molar-refractivity contribution is 7.15. The first-order valence-electron chi connectivity index (χ1n) is 5.99. The first-order valence-corrected chi connectivity index (χ1v) is 6.87. The molecule has 1 fully saturated rings. The zero-order valence-corrected chi connectivity index (χ0v) is 11.5. The molecular formula is C12H10N4O4S. The number of carbonyl (C=O) groups is 3. The van der Waals surface area contributed by atoms with Gasteiger partial charge in [0.15, 0.2) is 10.8 Å². The summed E-state index contributed by atoms with van der Waals surface area (Å²) in [6, 6.07) is 0. The van der Waals surface area contributed by atoms with Crippen molar-refractivity contribution >= 4 is 46.0 Å². The van der Waals surface area contributed by atoms with Crippen molar-refractivity contribution in [1.82, 2.24) is 14.7 Å². The van der Waals surface area contributed by atoms with E-state index in [-0.39, 0.29) is 13.1 Å². The molecule has 0 spiro atoms. The second-order valence-electron chi connectivity index (χ2n) is 4.38. The van der Waals surface area contributed by atoms with Crippen molar-refractivity contribution in [3.05, 3.63) is 23.3 Å². The Bertz CT molecular complexity index is 759. The quantitative estimate of drug-likeness (QED) is 0.609. The van der Waals surface area contributed by atoms with Gasteiger partial charge in [-0.05, 0) is 6.08 Å². The third kappa shape index (κ3) is 2.50. The smallest absolute Gasteiger partial charge is 0.328 e. The predicted molar refractivity (Wildman–Crippen MR) is 75.1 cm³/mol. The molecule has 3 rings (SSSR count). The van der Waals surface area contributed by atoms with Gasteiger partial charge in [-0.1, -0.05) is 0 Å². The summed E-state index contributed by atoms with van der Waals surface area (Å²) in [5.74, 6) is -1.48. The number of aromatic nitrogens is 2. The van der Waals surface area contributed by atoms with Gasteiger partial charge in [0.1, 0.15) is 0 Å². The van der Waals surface area contributed by atoms with Crippen molar-refractivity contribution in [2.45, 2.75) is 0 Å². The van der Waals surface area contributed by atoms with Crippen LogP contribution in [0, 0.1) is 0 Å². The van der Waals surface area contributed by atoms with E-state index in [1.807, 2.05) is 5.38 Å². The zero-order chi connectivity index (χ0) is 15.0. The summed E-state index contributed by atoms with van der Waals surface area (Å²) in [6.07, 6.45) is 4.15. The molecule has 0 saturated carbocycles. The molecule has 2 aromatic rings. The monoisotopic (exact) mass is 306 g/mol. The number of carboxylic acids is 1. The van der Waals surface area contributed by atoms with E-state index < -0.39 is 17.8 Å². The fourth-order valence-corrected chi connectivity index (χ4v) is 2.83. The number of carboxylic acid groups (broad SMARTS) is 1. The van der Waals surface area contributed by atoms with Gasteiger partial charge in [0, 0.05) is 17.7 Å². The van der Waals surface area contributed by atoms with E-state index in [1.165, 1.54) is 22.3 Å². The standard InChI is InChI=1S/C12H10N4O4S/c17-8-5-15(6-9(18)13-8)11-7(1-2-10(19)20)16-3-4-21-12(16)14-11/h1-4H,5-6H2,(H,19,20)(H,13,17,18). The van der Waals surface area contributed by atoms with Crippen LogP contribution >= 0.6 is 11.3 Å². The number of hydrogen-bond acceptors (Lipinski definition) is 6. The van der Waals surface area contributed by atoms with E-state index in [9.17, 15) is 14.4 Å². The molecule has 0 aliphatic carbocycles. The van der Waals surface area contributed by atoms with Crippen molar-refractivity contribution in [1.29, 1.82) is 0 Å². The maximum Gasteiger partial charge on any atom is 0.328 e. The summed E-state index contributed by atoms with van der Waals surface area (Å²) < 4.78 is 1.72. The number of thiazole rings is 1. The Labute approximate surface area is 122 Å². The highest BCUT2D eigenvalue weighted by atomic mass is 32.1. The van der Waals surface area contributed by atoms with E-state index in [2.05, 4.69) is 10.3 Å². The minimum atomic E-state index is -1.08. The molecule has 8 nitrogen and oxygen atoms in total. The molecule has 2 N–H and O–H groups in total. The largest absolute Gasteiger partial charge is 0.478 e. The maximum absolute atomic E-state index is 11.5. The molecule has 0 radical (unpaired) electrons. The molecule has 0 unspecified atom stereocenters. The number of hydrogen-bond donors (Lipinski definition) is 2. The van der Waals surface area contributed by atoms with Gasteiger partial charge >= 0.3 is 5.97 Å². The van der Waals surface area contributed by atoms with E-state index in [1.54, 1.807) is 10.6 Å². The molecule has 0 bridgehead atoms. The molecule has 21 heavy (non-hydrogen) atoms. The van der Waals surface area contributed by atoms with Gasteiger partial charge in [-0.2, -0.15) is 0 Å². The summed E-state index contributed by atoms with van der Waals surface area (Å²) >= 11 is 1.38. The summed E-state index contributed by atoms with van der Waals surface area (Å²) in [7, 11) is 0. The van der Waals surface area contributed by atoms with Crippen LogP contribution in [0.2, 0.25) is 0 Å². The number of nitrogens with zero attached hydrogens (tertiary/aromatic N) is 3. The highest BCUT2D eigenvalue weighted by Gasteiger charge is 2.26. The predicted octanol–water partition coefficient (Wildman–Crippen LogP) is -0.0436. The average molecular weight is 306 g/mol. The lowest BCUT2D eigenvalue weighted by atomic mass is 10.3. The van der Waals surface area contributed by atoms with E-state index in [0.29, 0.717) is 16.5 Å².